The summed E-state index contributed by atoms with van der Waals surface area (Å²) in [5, 5.41) is 3.46. The van der Waals surface area contributed by atoms with Gasteiger partial charge in [0.15, 0.2) is 6.61 Å². The van der Waals surface area contributed by atoms with Gasteiger partial charge in [-0.3, -0.25) is 0 Å². The van der Waals surface area contributed by atoms with Gasteiger partial charge < -0.3 is 10.1 Å². The van der Waals surface area contributed by atoms with Gasteiger partial charge in [-0.15, -0.1) is 0 Å². The summed E-state index contributed by atoms with van der Waals surface area (Å²) in [6, 6.07) is 6.44. The highest BCUT2D eigenvalue weighted by Gasteiger charge is 2.28. The lowest BCUT2D eigenvalue weighted by molar-refractivity contribution is -0.154. The maximum atomic E-state index is 12.0. The van der Waals surface area contributed by atoms with Crippen molar-refractivity contribution in [1.29, 1.82) is 0 Å². The van der Waals surface area contributed by atoms with E-state index in [1.807, 2.05) is 0 Å². The van der Waals surface area contributed by atoms with Crippen molar-refractivity contribution in [3.8, 4) is 5.88 Å². The minimum atomic E-state index is -4.37. The first-order valence-corrected chi connectivity index (χ1v) is 6.30. The first kappa shape index (κ1) is 15.4. The molecule has 0 aliphatic carbocycles. The molecule has 0 radical (unpaired) electrons. The van der Waals surface area contributed by atoms with Gasteiger partial charge in [-0.2, -0.15) is 13.2 Å². The van der Waals surface area contributed by atoms with Crippen molar-refractivity contribution in [2.75, 3.05) is 11.9 Å². The first-order chi connectivity index (χ1) is 9.92. The Hall–Kier alpha value is -2.02. The van der Waals surface area contributed by atoms with Crippen LogP contribution in [0.3, 0.4) is 0 Å². The average molecular weight is 318 g/mol. The van der Waals surface area contributed by atoms with Crippen LogP contribution >= 0.6 is 11.6 Å². The molecule has 0 aromatic carbocycles. The van der Waals surface area contributed by atoms with E-state index in [0.717, 1.165) is 11.3 Å². The number of hydrogen-bond donors (Lipinski definition) is 1. The quantitative estimate of drug-likeness (QED) is 0.855. The predicted molar refractivity (Wildman–Crippen MR) is 72.4 cm³/mol. The number of nitrogens with zero attached hydrogens (tertiary/aromatic N) is 2. The van der Waals surface area contributed by atoms with Gasteiger partial charge in [0, 0.05) is 30.7 Å². The van der Waals surface area contributed by atoms with Gasteiger partial charge in [-0.25, -0.2) is 9.97 Å². The van der Waals surface area contributed by atoms with E-state index in [-0.39, 0.29) is 5.88 Å². The van der Waals surface area contributed by atoms with Crippen LogP contribution < -0.4 is 10.1 Å². The van der Waals surface area contributed by atoms with Crippen LogP contribution in [0.5, 0.6) is 5.88 Å². The second-order valence-electron chi connectivity index (χ2n) is 4.13. The number of halogens is 4. The standard InChI is InChI=1S/C13H11ClF3N3O/c14-11-5-10(3-4-18-11)19-6-9-1-2-12(20-7-9)21-8-13(15,16)17/h1-5,7H,6,8H2,(H,18,19). The van der Waals surface area contributed by atoms with E-state index in [1.165, 1.54) is 12.3 Å². The molecular weight excluding hydrogens is 307 g/mol. The molecular formula is C13H11ClF3N3O. The van der Waals surface area contributed by atoms with Crippen LogP contribution in [0.25, 0.3) is 0 Å². The molecule has 0 spiro atoms. The smallest absolute Gasteiger partial charge is 0.422 e. The summed E-state index contributed by atoms with van der Waals surface area (Å²) in [7, 11) is 0. The van der Waals surface area contributed by atoms with E-state index in [4.69, 9.17) is 11.6 Å². The van der Waals surface area contributed by atoms with Crippen molar-refractivity contribution in [1.82, 2.24) is 9.97 Å². The minimum absolute atomic E-state index is 0.0666. The van der Waals surface area contributed by atoms with Crippen molar-refractivity contribution in [3.05, 3.63) is 47.4 Å². The lowest BCUT2D eigenvalue weighted by Crippen LogP contribution is -2.19. The Bertz CT molecular complexity index is 590. The molecule has 0 saturated carbocycles. The van der Waals surface area contributed by atoms with Gasteiger partial charge in [0.1, 0.15) is 5.15 Å². The summed E-state index contributed by atoms with van der Waals surface area (Å²) in [5.41, 5.74) is 1.58. The fourth-order valence-corrected chi connectivity index (χ4v) is 1.65. The van der Waals surface area contributed by atoms with Crippen molar-refractivity contribution in [2.24, 2.45) is 0 Å². The third-order valence-electron chi connectivity index (χ3n) is 2.40. The van der Waals surface area contributed by atoms with Crippen molar-refractivity contribution in [2.45, 2.75) is 12.7 Å². The maximum Gasteiger partial charge on any atom is 0.422 e. The fourth-order valence-electron chi connectivity index (χ4n) is 1.47. The molecule has 2 heterocycles. The highest BCUT2D eigenvalue weighted by Crippen LogP contribution is 2.17. The number of hydrogen-bond acceptors (Lipinski definition) is 4. The van der Waals surface area contributed by atoms with Crippen LogP contribution in [0.2, 0.25) is 5.15 Å². The molecule has 0 aliphatic rings. The lowest BCUT2D eigenvalue weighted by atomic mass is 10.3. The fraction of sp³-hybridized carbons (Fsp3) is 0.231. The van der Waals surface area contributed by atoms with Gasteiger partial charge in [0.05, 0.1) is 0 Å². The zero-order valence-corrected chi connectivity index (χ0v) is 11.4. The molecule has 21 heavy (non-hydrogen) atoms. The Morgan fingerprint density at radius 3 is 2.62 bits per heavy atom. The second-order valence-corrected chi connectivity index (χ2v) is 4.52. The van der Waals surface area contributed by atoms with E-state index in [0.29, 0.717) is 11.7 Å². The number of nitrogens with one attached hydrogen (secondary N) is 1. The third-order valence-corrected chi connectivity index (χ3v) is 2.61. The largest absolute Gasteiger partial charge is 0.468 e. The maximum absolute atomic E-state index is 12.0. The van der Waals surface area contributed by atoms with Crippen LogP contribution in [0.1, 0.15) is 5.56 Å². The number of rotatable bonds is 5. The molecule has 0 amide bonds. The second kappa shape index (κ2) is 6.62. The van der Waals surface area contributed by atoms with E-state index >= 15 is 0 Å². The SMILES string of the molecule is FC(F)(F)COc1ccc(CNc2ccnc(Cl)c2)cn1. The third kappa shape index (κ3) is 5.47. The highest BCUT2D eigenvalue weighted by molar-refractivity contribution is 6.29. The van der Waals surface area contributed by atoms with E-state index < -0.39 is 12.8 Å². The van der Waals surface area contributed by atoms with E-state index in [2.05, 4.69) is 20.0 Å². The van der Waals surface area contributed by atoms with Gasteiger partial charge in [-0.05, 0) is 17.7 Å². The molecule has 1 N–H and O–H groups in total. The van der Waals surface area contributed by atoms with Crippen LogP contribution in [0, 0.1) is 0 Å². The monoisotopic (exact) mass is 317 g/mol. The van der Waals surface area contributed by atoms with Crippen molar-refractivity contribution >= 4 is 17.3 Å². The number of aromatic nitrogens is 2. The Labute approximate surface area is 123 Å². The average Bonchev–Trinajstić information content (AvgIpc) is 2.43. The zero-order chi connectivity index (χ0) is 15.3. The van der Waals surface area contributed by atoms with Crippen molar-refractivity contribution < 1.29 is 17.9 Å². The summed E-state index contributed by atoms with van der Waals surface area (Å²) in [6.07, 6.45) is -1.36. The number of ether oxygens (including phenoxy) is 1. The van der Waals surface area contributed by atoms with Crippen molar-refractivity contribution in [3.63, 3.8) is 0 Å². The molecule has 8 heteroatoms. The molecule has 0 unspecified atom stereocenters. The number of pyridine rings is 2. The van der Waals surface area contributed by atoms with Gasteiger partial charge >= 0.3 is 6.18 Å². The molecule has 0 bridgehead atoms. The molecule has 0 fully saturated rings. The summed E-state index contributed by atoms with van der Waals surface area (Å²) < 4.78 is 40.5. The predicted octanol–water partition coefficient (Wildman–Crippen LogP) is 3.68. The Kier molecular flexibility index (Phi) is 4.85. The van der Waals surface area contributed by atoms with Crippen LogP contribution in [0.4, 0.5) is 18.9 Å². The summed E-state index contributed by atoms with van der Waals surface area (Å²) in [5.74, 6) is -0.0666. The molecule has 2 aromatic heterocycles. The van der Waals surface area contributed by atoms with Crippen LogP contribution in [-0.2, 0) is 6.54 Å². The molecule has 0 atom stereocenters. The van der Waals surface area contributed by atoms with E-state index in [1.54, 1.807) is 24.4 Å². The summed E-state index contributed by atoms with van der Waals surface area (Å²) in [4.78, 5) is 7.66. The molecule has 2 aromatic rings. The molecule has 0 saturated heterocycles. The molecule has 0 aliphatic heterocycles. The summed E-state index contributed by atoms with van der Waals surface area (Å²) >= 11 is 5.75. The van der Waals surface area contributed by atoms with Gasteiger partial charge in [0.2, 0.25) is 5.88 Å². The molecule has 4 nitrogen and oxygen atoms in total. The highest BCUT2D eigenvalue weighted by atomic mass is 35.5. The van der Waals surface area contributed by atoms with Gasteiger partial charge in [0.25, 0.3) is 0 Å². The lowest BCUT2D eigenvalue weighted by Gasteiger charge is -2.09. The zero-order valence-electron chi connectivity index (χ0n) is 10.7. The topological polar surface area (TPSA) is 47.0 Å². The molecule has 112 valence electrons. The summed E-state index contributed by atoms with van der Waals surface area (Å²) in [6.45, 7) is -0.903. The Morgan fingerprint density at radius 1 is 1.19 bits per heavy atom. The van der Waals surface area contributed by atoms with Gasteiger partial charge in [-0.1, -0.05) is 17.7 Å². The Balaban J connectivity index is 1.87. The van der Waals surface area contributed by atoms with E-state index in [9.17, 15) is 13.2 Å². The molecule has 2 rings (SSSR count). The first-order valence-electron chi connectivity index (χ1n) is 5.92. The van der Waals surface area contributed by atoms with Crippen LogP contribution in [0.15, 0.2) is 36.7 Å². The normalized spacial score (nSPS) is 11.2. The van der Waals surface area contributed by atoms with Crippen LogP contribution in [-0.4, -0.2) is 22.8 Å². The minimum Gasteiger partial charge on any atom is -0.468 e. The Morgan fingerprint density at radius 2 is 2.00 bits per heavy atom. The number of alkyl halides is 3. The number of anilines is 1.